The second kappa shape index (κ2) is 11.7. The molecular formula is C26H30N2O5S. The van der Waals surface area contributed by atoms with E-state index in [2.05, 4.69) is 10.0 Å². The fourth-order valence-electron chi connectivity index (χ4n) is 3.59. The number of carbonyl (C=O) groups is 1. The third-order valence-electron chi connectivity index (χ3n) is 5.31. The SMILES string of the molecule is CCOc1ccc(S(=O)(=O)NC(Cc2ccccc2)C(=O)NC(C)c2ccccc2OC)cc1. The van der Waals surface area contributed by atoms with Gasteiger partial charge in [-0.15, -0.1) is 0 Å². The number of amides is 1. The number of para-hydroxylation sites is 1. The summed E-state index contributed by atoms with van der Waals surface area (Å²) in [7, 11) is -2.39. The van der Waals surface area contributed by atoms with Gasteiger partial charge in [-0.1, -0.05) is 48.5 Å². The van der Waals surface area contributed by atoms with E-state index in [4.69, 9.17) is 9.47 Å². The van der Waals surface area contributed by atoms with Gasteiger partial charge in [0.25, 0.3) is 0 Å². The Morgan fingerprint density at radius 1 is 0.941 bits per heavy atom. The molecule has 3 rings (SSSR count). The van der Waals surface area contributed by atoms with Crippen LogP contribution in [0.5, 0.6) is 11.5 Å². The molecule has 0 aromatic heterocycles. The average molecular weight is 483 g/mol. The number of benzene rings is 3. The van der Waals surface area contributed by atoms with Gasteiger partial charge in [-0.05, 0) is 56.2 Å². The molecule has 2 atom stereocenters. The first kappa shape index (κ1) is 25.3. The van der Waals surface area contributed by atoms with E-state index in [1.165, 1.54) is 12.1 Å². The molecule has 8 heteroatoms. The molecule has 0 saturated heterocycles. The van der Waals surface area contributed by atoms with Gasteiger partial charge in [0.15, 0.2) is 0 Å². The molecule has 2 unspecified atom stereocenters. The first-order valence-corrected chi connectivity index (χ1v) is 12.5. The topological polar surface area (TPSA) is 93.7 Å². The fourth-order valence-corrected chi connectivity index (χ4v) is 4.79. The molecule has 34 heavy (non-hydrogen) atoms. The van der Waals surface area contributed by atoms with Crippen LogP contribution in [0.1, 0.15) is 31.0 Å². The van der Waals surface area contributed by atoms with Crippen molar-refractivity contribution in [2.75, 3.05) is 13.7 Å². The lowest BCUT2D eigenvalue weighted by Gasteiger charge is -2.23. The molecule has 3 aromatic carbocycles. The third-order valence-corrected chi connectivity index (χ3v) is 6.79. The monoisotopic (exact) mass is 482 g/mol. The number of carbonyl (C=O) groups excluding carboxylic acids is 1. The maximum Gasteiger partial charge on any atom is 0.241 e. The number of methoxy groups -OCH3 is 1. The van der Waals surface area contributed by atoms with Crippen LogP contribution in [0.25, 0.3) is 0 Å². The molecule has 0 aliphatic rings. The van der Waals surface area contributed by atoms with Crippen molar-refractivity contribution in [1.29, 1.82) is 0 Å². The van der Waals surface area contributed by atoms with Crippen molar-refractivity contribution in [2.45, 2.75) is 37.2 Å². The van der Waals surface area contributed by atoms with Crippen molar-refractivity contribution in [1.82, 2.24) is 10.0 Å². The van der Waals surface area contributed by atoms with E-state index in [-0.39, 0.29) is 11.3 Å². The van der Waals surface area contributed by atoms with Gasteiger partial charge in [-0.25, -0.2) is 8.42 Å². The lowest BCUT2D eigenvalue weighted by molar-refractivity contribution is -0.123. The zero-order valence-electron chi connectivity index (χ0n) is 19.5. The predicted molar refractivity (Wildman–Crippen MR) is 131 cm³/mol. The normalized spacial score (nSPS) is 13.0. The lowest BCUT2D eigenvalue weighted by Crippen LogP contribution is -2.48. The maximum atomic E-state index is 13.3. The Balaban J connectivity index is 1.83. The van der Waals surface area contributed by atoms with E-state index in [0.29, 0.717) is 18.1 Å². The summed E-state index contributed by atoms with van der Waals surface area (Å²) in [5, 5.41) is 2.93. The molecule has 0 radical (unpaired) electrons. The Hall–Kier alpha value is -3.36. The van der Waals surface area contributed by atoms with Crippen molar-refractivity contribution in [3.63, 3.8) is 0 Å². The minimum absolute atomic E-state index is 0.0552. The molecule has 0 aliphatic heterocycles. The molecule has 3 aromatic rings. The van der Waals surface area contributed by atoms with Crippen LogP contribution < -0.4 is 19.5 Å². The van der Waals surface area contributed by atoms with Gasteiger partial charge in [-0.3, -0.25) is 4.79 Å². The molecule has 0 spiro atoms. The Kier molecular flexibility index (Phi) is 8.67. The molecule has 0 aliphatic carbocycles. The van der Waals surface area contributed by atoms with Crippen LogP contribution in [0.2, 0.25) is 0 Å². The predicted octanol–water partition coefficient (Wildman–Crippen LogP) is 3.86. The molecule has 1 amide bonds. The van der Waals surface area contributed by atoms with E-state index in [1.54, 1.807) is 19.2 Å². The highest BCUT2D eigenvalue weighted by molar-refractivity contribution is 7.89. The fraction of sp³-hybridized carbons (Fsp3) is 0.269. The van der Waals surface area contributed by atoms with Crippen molar-refractivity contribution in [3.05, 3.63) is 90.0 Å². The second-order valence-corrected chi connectivity index (χ2v) is 9.45. The highest BCUT2D eigenvalue weighted by Gasteiger charge is 2.27. The Morgan fingerprint density at radius 2 is 1.59 bits per heavy atom. The standard InChI is InChI=1S/C26H30N2O5S/c1-4-33-21-14-16-22(17-15-21)34(30,31)28-24(18-20-10-6-5-7-11-20)26(29)27-19(2)23-12-8-9-13-25(23)32-3/h5-17,19,24,28H,4,18H2,1-3H3,(H,27,29). The highest BCUT2D eigenvalue weighted by atomic mass is 32.2. The van der Waals surface area contributed by atoms with E-state index < -0.39 is 28.0 Å². The molecule has 2 N–H and O–H groups in total. The smallest absolute Gasteiger partial charge is 0.241 e. The zero-order chi connectivity index (χ0) is 24.6. The summed E-state index contributed by atoms with van der Waals surface area (Å²) in [5.74, 6) is 0.785. The summed E-state index contributed by atoms with van der Waals surface area (Å²) in [6.07, 6.45) is 0.196. The van der Waals surface area contributed by atoms with Crippen molar-refractivity contribution in [2.24, 2.45) is 0 Å². The van der Waals surface area contributed by atoms with Crippen LogP contribution in [0.4, 0.5) is 0 Å². The van der Waals surface area contributed by atoms with Crippen LogP contribution in [0.15, 0.2) is 83.8 Å². The average Bonchev–Trinajstić information content (AvgIpc) is 2.84. The summed E-state index contributed by atoms with van der Waals surface area (Å²) < 4.78 is 39.6. The molecule has 0 heterocycles. The second-order valence-electron chi connectivity index (χ2n) is 7.74. The van der Waals surface area contributed by atoms with Crippen LogP contribution in [0, 0.1) is 0 Å². The summed E-state index contributed by atoms with van der Waals surface area (Å²) in [6, 6.07) is 21.4. The van der Waals surface area contributed by atoms with Crippen LogP contribution in [-0.4, -0.2) is 34.1 Å². The van der Waals surface area contributed by atoms with Gasteiger partial charge in [0.1, 0.15) is 17.5 Å². The van der Waals surface area contributed by atoms with E-state index in [1.807, 2.05) is 68.4 Å². The van der Waals surface area contributed by atoms with E-state index in [0.717, 1.165) is 11.1 Å². The number of nitrogens with one attached hydrogen (secondary N) is 2. The van der Waals surface area contributed by atoms with Crippen LogP contribution in [0.3, 0.4) is 0 Å². The summed E-state index contributed by atoms with van der Waals surface area (Å²) in [6.45, 7) is 4.16. The highest BCUT2D eigenvalue weighted by Crippen LogP contribution is 2.24. The van der Waals surface area contributed by atoms with Gasteiger partial charge in [0.05, 0.1) is 24.7 Å². The van der Waals surface area contributed by atoms with Crippen LogP contribution >= 0.6 is 0 Å². The van der Waals surface area contributed by atoms with Gasteiger partial charge >= 0.3 is 0 Å². The van der Waals surface area contributed by atoms with Crippen LogP contribution in [-0.2, 0) is 21.2 Å². The Labute approximate surface area is 201 Å². The van der Waals surface area contributed by atoms with Crippen molar-refractivity contribution in [3.8, 4) is 11.5 Å². The van der Waals surface area contributed by atoms with E-state index >= 15 is 0 Å². The third kappa shape index (κ3) is 6.59. The number of rotatable bonds is 11. The lowest BCUT2D eigenvalue weighted by atomic mass is 10.0. The molecule has 0 bridgehead atoms. The van der Waals surface area contributed by atoms with Crippen molar-refractivity contribution >= 4 is 15.9 Å². The summed E-state index contributed by atoms with van der Waals surface area (Å²) in [5.41, 5.74) is 1.63. The number of hydrogen-bond donors (Lipinski definition) is 2. The quantitative estimate of drug-likeness (QED) is 0.433. The zero-order valence-corrected chi connectivity index (χ0v) is 20.3. The maximum absolute atomic E-state index is 13.3. The minimum atomic E-state index is -3.96. The number of sulfonamides is 1. The largest absolute Gasteiger partial charge is 0.496 e. The first-order valence-electron chi connectivity index (χ1n) is 11.1. The van der Waals surface area contributed by atoms with Gasteiger partial charge < -0.3 is 14.8 Å². The van der Waals surface area contributed by atoms with Gasteiger partial charge in [-0.2, -0.15) is 4.72 Å². The Bertz CT molecular complexity index is 1180. The number of hydrogen-bond acceptors (Lipinski definition) is 5. The number of ether oxygens (including phenoxy) is 2. The Morgan fingerprint density at radius 3 is 2.24 bits per heavy atom. The van der Waals surface area contributed by atoms with Gasteiger partial charge in [0, 0.05) is 5.56 Å². The molecular weight excluding hydrogens is 452 g/mol. The summed E-state index contributed by atoms with van der Waals surface area (Å²) in [4.78, 5) is 13.3. The van der Waals surface area contributed by atoms with Crippen molar-refractivity contribution < 1.29 is 22.7 Å². The molecule has 7 nitrogen and oxygen atoms in total. The minimum Gasteiger partial charge on any atom is -0.496 e. The molecule has 180 valence electrons. The molecule has 0 fully saturated rings. The molecule has 0 saturated carbocycles. The van der Waals surface area contributed by atoms with E-state index in [9.17, 15) is 13.2 Å². The van der Waals surface area contributed by atoms with Gasteiger partial charge in [0.2, 0.25) is 15.9 Å². The first-order chi connectivity index (χ1) is 16.3. The summed E-state index contributed by atoms with van der Waals surface area (Å²) >= 11 is 0.